The van der Waals surface area contributed by atoms with E-state index in [1.165, 1.54) is 0 Å². The first-order valence-corrected chi connectivity index (χ1v) is 10.2. The molecule has 0 radical (unpaired) electrons. The fourth-order valence-electron chi connectivity index (χ4n) is 2.62. The lowest BCUT2D eigenvalue weighted by atomic mass is 10.1. The van der Waals surface area contributed by atoms with Crippen molar-refractivity contribution < 1.29 is 23.8 Å². The summed E-state index contributed by atoms with van der Waals surface area (Å²) in [7, 11) is 1.55. The van der Waals surface area contributed by atoms with Gasteiger partial charge >= 0.3 is 12.2 Å². The molecule has 0 fully saturated rings. The summed E-state index contributed by atoms with van der Waals surface area (Å²) < 4.78 is 15.9. The predicted molar refractivity (Wildman–Crippen MR) is 122 cm³/mol. The molecule has 174 valence electrons. The van der Waals surface area contributed by atoms with Crippen LogP contribution in [0.1, 0.15) is 54.0 Å². The average molecular weight is 437 g/mol. The maximum atomic E-state index is 12.0. The first-order chi connectivity index (χ1) is 14.3. The molecular weight excluding hydrogens is 400 g/mol. The number of ether oxygens (including phenoxy) is 3. The van der Waals surface area contributed by atoms with E-state index in [4.69, 9.17) is 19.9 Å². The lowest BCUT2D eigenvalue weighted by Gasteiger charge is -2.25. The third-order valence-corrected chi connectivity index (χ3v) is 3.81. The zero-order valence-electron chi connectivity index (χ0n) is 19.9. The molecule has 3 N–H and O–H groups in total. The second-order valence-corrected chi connectivity index (χ2v) is 8.88. The molecule has 0 saturated heterocycles. The lowest BCUT2D eigenvalue weighted by Crippen LogP contribution is -2.38. The van der Waals surface area contributed by atoms with Crippen molar-refractivity contribution >= 4 is 23.8 Å². The highest BCUT2D eigenvalue weighted by Gasteiger charge is 2.20. The van der Waals surface area contributed by atoms with Crippen LogP contribution in [0.3, 0.4) is 0 Å². The fraction of sp³-hybridized carbons (Fsp3) is 0.591. The molecule has 31 heavy (non-hydrogen) atoms. The van der Waals surface area contributed by atoms with Gasteiger partial charge in [-0.05, 0) is 72.6 Å². The minimum Gasteiger partial charge on any atom is -0.495 e. The number of guanidine groups is 1. The first kappa shape index (κ1) is 26.1. The van der Waals surface area contributed by atoms with Crippen molar-refractivity contribution in [1.29, 1.82) is 0 Å². The SMILES string of the molecule is CCN(C(N)=NC(=O)OC(C)(C)C)c1ccc(CCNC(=O)OC(C)(C)C)cc1OC. The monoisotopic (exact) mass is 436 g/mol. The van der Waals surface area contributed by atoms with Crippen molar-refractivity contribution in [2.45, 2.75) is 66.1 Å². The van der Waals surface area contributed by atoms with Crippen molar-refractivity contribution in [2.75, 3.05) is 25.1 Å². The first-order valence-electron chi connectivity index (χ1n) is 10.2. The number of nitrogens with one attached hydrogen (secondary N) is 1. The van der Waals surface area contributed by atoms with Gasteiger partial charge in [-0.2, -0.15) is 0 Å². The van der Waals surface area contributed by atoms with Gasteiger partial charge in [-0.3, -0.25) is 0 Å². The summed E-state index contributed by atoms with van der Waals surface area (Å²) in [4.78, 5) is 29.3. The molecule has 0 aliphatic rings. The smallest absolute Gasteiger partial charge is 0.437 e. The van der Waals surface area contributed by atoms with Crippen molar-refractivity contribution in [3.05, 3.63) is 23.8 Å². The van der Waals surface area contributed by atoms with E-state index in [9.17, 15) is 9.59 Å². The number of methoxy groups -OCH3 is 1. The molecule has 0 bridgehead atoms. The van der Waals surface area contributed by atoms with Gasteiger partial charge in [0.1, 0.15) is 17.0 Å². The standard InChI is InChI=1S/C22H36N4O5/c1-9-26(18(23)25-20(28)31-22(5,6)7)16-11-10-15(14-17(16)29-8)12-13-24-19(27)30-21(2,3)4/h10-11,14H,9,12-13H2,1-8H3,(H,24,27)(H2,23,25,28). The Morgan fingerprint density at radius 2 is 1.71 bits per heavy atom. The quantitative estimate of drug-likeness (QED) is 0.514. The number of hydrogen-bond donors (Lipinski definition) is 2. The number of rotatable bonds is 6. The number of benzene rings is 1. The number of aliphatic imine (C=N–C) groups is 1. The Labute approximate surface area is 184 Å². The summed E-state index contributed by atoms with van der Waals surface area (Å²) in [5, 5.41) is 2.73. The van der Waals surface area contributed by atoms with Crippen molar-refractivity contribution in [3.63, 3.8) is 0 Å². The summed E-state index contributed by atoms with van der Waals surface area (Å²) in [6, 6.07) is 5.59. The highest BCUT2D eigenvalue weighted by Crippen LogP contribution is 2.29. The number of amides is 2. The Morgan fingerprint density at radius 3 is 2.23 bits per heavy atom. The molecule has 1 aromatic rings. The fourth-order valence-corrected chi connectivity index (χ4v) is 2.62. The van der Waals surface area contributed by atoms with Crippen molar-refractivity contribution in [2.24, 2.45) is 10.7 Å². The maximum Gasteiger partial charge on any atom is 0.437 e. The zero-order chi connectivity index (χ0) is 23.8. The van der Waals surface area contributed by atoms with E-state index in [0.29, 0.717) is 30.9 Å². The number of nitrogens with two attached hydrogens (primary N) is 1. The number of hydrogen-bond acceptors (Lipinski definition) is 5. The number of anilines is 1. The largest absolute Gasteiger partial charge is 0.495 e. The summed E-state index contributed by atoms with van der Waals surface area (Å²) >= 11 is 0. The Bertz CT molecular complexity index is 794. The van der Waals surface area contributed by atoms with Crippen LogP contribution in [0.5, 0.6) is 5.75 Å². The van der Waals surface area contributed by atoms with Crippen LogP contribution < -0.4 is 20.7 Å². The molecule has 0 atom stereocenters. The Morgan fingerprint density at radius 1 is 1.10 bits per heavy atom. The highest BCUT2D eigenvalue weighted by atomic mass is 16.6. The van der Waals surface area contributed by atoms with Crippen LogP contribution in [0.15, 0.2) is 23.2 Å². The summed E-state index contributed by atoms with van der Waals surface area (Å²) in [6.07, 6.45) is -0.629. The molecule has 0 aliphatic heterocycles. The van der Waals surface area contributed by atoms with Gasteiger partial charge in [0.25, 0.3) is 0 Å². The Kier molecular flexibility index (Phi) is 9.15. The molecule has 0 saturated carbocycles. The molecule has 1 rings (SSSR count). The number of alkyl carbamates (subject to hydrolysis) is 1. The number of carbonyl (C=O) groups is 2. The summed E-state index contributed by atoms with van der Waals surface area (Å²) in [5.74, 6) is 0.577. The minimum absolute atomic E-state index is 0.00870. The van der Waals surface area contributed by atoms with Crippen LogP contribution in [0.4, 0.5) is 15.3 Å². The van der Waals surface area contributed by atoms with E-state index >= 15 is 0 Å². The van der Waals surface area contributed by atoms with Crippen LogP contribution >= 0.6 is 0 Å². The van der Waals surface area contributed by atoms with Crippen LogP contribution in [0, 0.1) is 0 Å². The van der Waals surface area contributed by atoms with E-state index in [-0.39, 0.29) is 5.96 Å². The minimum atomic E-state index is -0.757. The molecule has 0 heterocycles. The maximum absolute atomic E-state index is 12.0. The predicted octanol–water partition coefficient (Wildman–Crippen LogP) is 3.84. The van der Waals surface area contributed by atoms with Gasteiger partial charge in [-0.15, -0.1) is 4.99 Å². The van der Waals surface area contributed by atoms with Gasteiger partial charge in [0, 0.05) is 13.1 Å². The van der Waals surface area contributed by atoms with Gasteiger partial charge in [0.2, 0.25) is 5.96 Å². The third kappa shape index (κ3) is 9.59. The number of carbonyl (C=O) groups excluding carboxylic acids is 2. The normalized spacial score (nSPS) is 12.2. The lowest BCUT2D eigenvalue weighted by molar-refractivity contribution is 0.0526. The van der Waals surface area contributed by atoms with Crippen LogP contribution in [0.25, 0.3) is 0 Å². The van der Waals surface area contributed by atoms with E-state index < -0.39 is 23.4 Å². The van der Waals surface area contributed by atoms with E-state index in [1.54, 1.807) is 32.8 Å². The van der Waals surface area contributed by atoms with Gasteiger partial charge in [0.05, 0.1) is 12.8 Å². The van der Waals surface area contributed by atoms with Gasteiger partial charge < -0.3 is 30.2 Å². The molecule has 0 spiro atoms. The molecule has 0 aliphatic carbocycles. The second-order valence-electron chi connectivity index (χ2n) is 8.88. The summed E-state index contributed by atoms with van der Waals surface area (Å²) in [5.41, 5.74) is 6.48. The Balaban J connectivity index is 2.90. The molecule has 2 amide bonds. The zero-order valence-corrected chi connectivity index (χ0v) is 19.9. The molecule has 9 nitrogen and oxygen atoms in total. The molecule has 0 unspecified atom stereocenters. The molecule has 9 heteroatoms. The Hall–Kier alpha value is -2.97. The van der Waals surface area contributed by atoms with Gasteiger partial charge in [0.15, 0.2) is 0 Å². The van der Waals surface area contributed by atoms with Crippen LogP contribution in [-0.2, 0) is 15.9 Å². The topological polar surface area (TPSA) is 115 Å². The van der Waals surface area contributed by atoms with E-state index in [1.807, 2.05) is 45.9 Å². The van der Waals surface area contributed by atoms with Gasteiger partial charge in [-0.1, -0.05) is 6.07 Å². The number of nitrogens with zero attached hydrogens (tertiary/aromatic N) is 2. The molecular formula is C22H36N4O5. The van der Waals surface area contributed by atoms with E-state index in [0.717, 1.165) is 5.56 Å². The molecule has 1 aromatic carbocycles. The highest BCUT2D eigenvalue weighted by molar-refractivity contribution is 6.01. The van der Waals surface area contributed by atoms with E-state index in [2.05, 4.69) is 10.3 Å². The molecule has 0 aromatic heterocycles. The summed E-state index contributed by atoms with van der Waals surface area (Å²) in [6.45, 7) is 13.5. The average Bonchev–Trinajstić information content (AvgIpc) is 2.59. The third-order valence-electron chi connectivity index (χ3n) is 3.81. The second kappa shape index (κ2) is 10.9. The van der Waals surface area contributed by atoms with Crippen LogP contribution in [-0.4, -0.2) is 49.5 Å². The van der Waals surface area contributed by atoms with Crippen molar-refractivity contribution in [1.82, 2.24) is 5.32 Å². The van der Waals surface area contributed by atoms with Crippen LogP contribution in [0.2, 0.25) is 0 Å². The van der Waals surface area contributed by atoms with Crippen molar-refractivity contribution in [3.8, 4) is 5.75 Å². The van der Waals surface area contributed by atoms with Gasteiger partial charge in [-0.25, -0.2) is 9.59 Å².